The Balaban J connectivity index is 1.77. The van der Waals surface area contributed by atoms with Crippen LogP contribution < -0.4 is 0 Å². The lowest BCUT2D eigenvalue weighted by molar-refractivity contribution is 0.472. The predicted octanol–water partition coefficient (Wildman–Crippen LogP) is 10.5. The summed E-state index contributed by atoms with van der Waals surface area (Å²) in [6.45, 7) is 4.09. The van der Waals surface area contributed by atoms with Crippen molar-refractivity contribution in [2.75, 3.05) is 0 Å². The van der Waals surface area contributed by atoms with E-state index in [0.717, 1.165) is 63.9 Å². The summed E-state index contributed by atoms with van der Waals surface area (Å²) in [7, 11) is 0. The quantitative estimate of drug-likeness (QED) is 0.206. The summed E-state index contributed by atoms with van der Waals surface area (Å²) < 4.78 is 1.89. The lowest BCUT2D eigenvalue weighted by Crippen LogP contribution is -1.92. The van der Waals surface area contributed by atoms with Crippen LogP contribution in [0.3, 0.4) is 0 Å². The van der Waals surface area contributed by atoms with E-state index in [1.807, 2.05) is 98.8 Å². The van der Waals surface area contributed by atoms with Crippen molar-refractivity contribution in [3.05, 3.63) is 117 Å². The predicted molar refractivity (Wildman–Crippen MR) is 166 cm³/mol. The van der Waals surface area contributed by atoms with Gasteiger partial charge in [0.1, 0.15) is 11.5 Å². The molecule has 0 saturated heterocycles. The number of halogens is 2. The molecule has 0 bridgehead atoms. The van der Waals surface area contributed by atoms with E-state index in [4.69, 9.17) is 0 Å². The van der Waals surface area contributed by atoms with Gasteiger partial charge in [-0.15, -0.1) is 0 Å². The standard InChI is InChI=1S/C34H24Br2O2/c1-19-3-7-21(8-4-19)29-17-23-15-25(35)11-13-27(23)31(33(29)37)32-28-14-12-26(36)16-24(28)18-30(34(32)38)22-9-5-20(2)6-10-22/h3-18,37-38H,1-2H3. The van der Waals surface area contributed by atoms with E-state index in [-0.39, 0.29) is 11.5 Å². The highest BCUT2D eigenvalue weighted by Gasteiger charge is 2.23. The zero-order chi connectivity index (χ0) is 26.6. The molecule has 6 aromatic rings. The second-order valence-corrected chi connectivity index (χ2v) is 11.6. The van der Waals surface area contributed by atoms with E-state index in [1.165, 1.54) is 0 Å². The van der Waals surface area contributed by atoms with Crippen LogP contribution in [0.15, 0.2) is 106 Å². The Hall–Kier alpha value is -3.60. The molecule has 6 aromatic carbocycles. The van der Waals surface area contributed by atoms with Crippen molar-refractivity contribution in [3.63, 3.8) is 0 Å². The molecule has 0 atom stereocenters. The summed E-state index contributed by atoms with van der Waals surface area (Å²) in [5, 5.41) is 27.5. The van der Waals surface area contributed by atoms with Crippen LogP contribution in [-0.4, -0.2) is 10.2 Å². The molecule has 0 spiro atoms. The number of hydrogen-bond acceptors (Lipinski definition) is 2. The van der Waals surface area contributed by atoms with E-state index in [0.29, 0.717) is 11.1 Å². The molecule has 186 valence electrons. The van der Waals surface area contributed by atoms with Gasteiger partial charge in [-0.05, 0) is 82.9 Å². The van der Waals surface area contributed by atoms with Gasteiger partial charge in [0, 0.05) is 31.2 Å². The molecular formula is C34H24Br2O2. The van der Waals surface area contributed by atoms with Crippen LogP contribution in [0, 0.1) is 13.8 Å². The van der Waals surface area contributed by atoms with Crippen LogP contribution in [-0.2, 0) is 0 Å². The fraction of sp³-hybridized carbons (Fsp3) is 0.0588. The zero-order valence-electron chi connectivity index (χ0n) is 20.9. The molecule has 0 aromatic heterocycles. The summed E-state index contributed by atoms with van der Waals surface area (Å²) in [6.07, 6.45) is 0. The van der Waals surface area contributed by atoms with E-state index in [2.05, 4.69) is 44.0 Å². The van der Waals surface area contributed by atoms with Gasteiger partial charge in [0.05, 0.1) is 0 Å². The number of phenols is 2. The molecule has 2 N–H and O–H groups in total. The summed E-state index contributed by atoms with van der Waals surface area (Å²) in [5.74, 6) is 0.286. The molecule has 0 fully saturated rings. The SMILES string of the molecule is Cc1ccc(-c2cc3cc(Br)ccc3c(-c3c(O)c(-c4ccc(C)cc4)cc4cc(Br)ccc34)c2O)cc1. The number of hydrogen-bond donors (Lipinski definition) is 2. The maximum atomic E-state index is 11.9. The first-order valence-electron chi connectivity index (χ1n) is 12.3. The largest absolute Gasteiger partial charge is 0.507 e. The Labute approximate surface area is 238 Å². The maximum Gasteiger partial charge on any atom is 0.132 e. The van der Waals surface area contributed by atoms with Gasteiger partial charge < -0.3 is 10.2 Å². The third-order valence-electron chi connectivity index (χ3n) is 7.12. The van der Waals surface area contributed by atoms with Crippen molar-refractivity contribution in [2.45, 2.75) is 13.8 Å². The van der Waals surface area contributed by atoms with Crippen LogP contribution in [0.2, 0.25) is 0 Å². The van der Waals surface area contributed by atoms with Crippen molar-refractivity contribution < 1.29 is 10.2 Å². The first-order valence-corrected chi connectivity index (χ1v) is 13.9. The number of phenolic OH excluding ortho intramolecular Hbond substituents is 2. The second-order valence-electron chi connectivity index (χ2n) is 9.76. The van der Waals surface area contributed by atoms with Gasteiger partial charge in [-0.25, -0.2) is 0 Å². The number of benzene rings is 6. The monoisotopic (exact) mass is 622 g/mol. The second kappa shape index (κ2) is 9.61. The third kappa shape index (κ3) is 4.28. The van der Waals surface area contributed by atoms with E-state index >= 15 is 0 Å². The Bertz CT molecular complexity index is 1720. The fourth-order valence-electron chi connectivity index (χ4n) is 5.15. The van der Waals surface area contributed by atoms with Crippen LogP contribution >= 0.6 is 31.9 Å². The first kappa shape index (κ1) is 24.7. The minimum Gasteiger partial charge on any atom is -0.507 e. The van der Waals surface area contributed by atoms with Crippen LogP contribution in [0.25, 0.3) is 54.9 Å². The van der Waals surface area contributed by atoms with Crippen molar-refractivity contribution in [1.29, 1.82) is 0 Å². The fourth-order valence-corrected chi connectivity index (χ4v) is 5.90. The smallest absolute Gasteiger partial charge is 0.132 e. The molecule has 0 aliphatic carbocycles. The van der Waals surface area contributed by atoms with E-state index < -0.39 is 0 Å². The Morgan fingerprint density at radius 2 is 0.842 bits per heavy atom. The molecule has 0 aliphatic rings. The summed E-state index contributed by atoms with van der Waals surface area (Å²) >= 11 is 7.23. The lowest BCUT2D eigenvalue weighted by atomic mass is 9.86. The third-order valence-corrected chi connectivity index (χ3v) is 8.11. The average Bonchev–Trinajstić information content (AvgIpc) is 2.90. The molecular weight excluding hydrogens is 600 g/mol. The van der Waals surface area contributed by atoms with Gasteiger partial charge in [0.2, 0.25) is 0 Å². The van der Waals surface area contributed by atoms with E-state index in [9.17, 15) is 10.2 Å². The van der Waals surface area contributed by atoms with Crippen molar-refractivity contribution >= 4 is 53.4 Å². The Morgan fingerprint density at radius 1 is 0.474 bits per heavy atom. The number of aryl methyl sites for hydroxylation is 2. The van der Waals surface area contributed by atoms with Crippen LogP contribution in [0.4, 0.5) is 0 Å². The molecule has 38 heavy (non-hydrogen) atoms. The summed E-state index contributed by atoms with van der Waals surface area (Å²) in [6, 6.07) is 32.3. The summed E-state index contributed by atoms with van der Waals surface area (Å²) in [4.78, 5) is 0. The molecule has 0 heterocycles. The highest BCUT2D eigenvalue weighted by atomic mass is 79.9. The van der Waals surface area contributed by atoms with Crippen molar-refractivity contribution in [1.82, 2.24) is 0 Å². The van der Waals surface area contributed by atoms with Gasteiger partial charge in [-0.2, -0.15) is 0 Å². The minimum absolute atomic E-state index is 0.143. The van der Waals surface area contributed by atoms with Crippen molar-refractivity contribution in [3.8, 4) is 44.9 Å². The molecule has 0 saturated carbocycles. The van der Waals surface area contributed by atoms with Gasteiger partial charge in [0.25, 0.3) is 0 Å². The van der Waals surface area contributed by atoms with Crippen LogP contribution in [0.5, 0.6) is 11.5 Å². The molecule has 0 radical (unpaired) electrons. The average molecular weight is 624 g/mol. The maximum absolute atomic E-state index is 11.9. The highest BCUT2D eigenvalue weighted by Crippen LogP contribution is 2.51. The molecule has 0 aliphatic heterocycles. The Morgan fingerprint density at radius 3 is 1.21 bits per heavy atom. The first-order chi connectivity index (χ1) is 18.3. The number of fused-ring (bicyclic) bond motifs is 2. The minimum atomic E-state index is 0.143. The van der Waals surface area contributed by atoms with Crippen LogP contribution in [0.1, 0.15) is 11.1 Å². The molecule has 0 amide bonds. The zero-order valence-corrected chi connectivity index (χ0v) is 24.1. The summed E-state index contributed by atoms with van der Waals surface area (Å²) in [5.41, 5.74) is 6.80. The van der Waals surface area contributed by atoms with Gasteiger partial charge >= 0.3 is 0 Å². The lowest BCUT2D eigenvalue weighted by Gasteiger charge is -2.20. The molecule has 6 rings (SSSR count). The van der Waals surface area contributed by atoms with Gasteiger partial charge in [-0.3, -0.25) is 0 Å². The van der Waals surface area contributed by atoms with Gasteiger partial charge in [-0.1, -0.05) is 104 Å². The molecule has 2 nitrogen and oxygen atoms in total. The van der Waals surface area contributed by atoms with E-state index in [1.54, 1.807) is 0 Å². The molecule has 4 heteroatoms. The topological polar surface area (TPSA) is 40.5 Å². The number of rotatable bonds is 3. The van der Waals surface area contributed by atoms with Gasteiger partial charge in [0.15, 0.2) is 0 Å². The Kier molecular flexibility index (Phi) is 6.25. The highest BCUT2D eigenvalue weighted by molar-refractivity contribution is 9.10. The molecule has 0 unspecified atom stereocenters. The number of aromatic hydroxyl groups is 2. The van der Waals surface area contributed by atoms with Crippen molar-refractivity contribution in [2.24, 2.45) is 0 Å². The normalized spacial score (nSPS) is 11.4.